The molecule has 2 aromatic carbocycles. The second kappa shape index (κ2) is 8.43. The van der Waals surface area contributed by atoms with Crippen molar-refractivity contribution in [2.24, 2.45) is 17.6 Å². The number of aliphatic hydroxyl groups is 2. The maximum absolute atomic E-state index is 13.9. The highest BCUT2D eigenvalue weighted by molar-refractivity contribution is 6.16. The molecule has 36 heavy (non-hydrogen) atoms. The van der Waals surface area contributed by atoms with Crippen LogP contribution in [0, 0.1) is 11.8 Å². The van der Waals surface area contributed by atoms with E-state index in [1.54, 1.807) is 31.1 Å². The van der Waals surface area contributed by atoms with Gasteiger partial charge in [-0.25, -0.2) is 0 Å². The first kappa shape index (κ1) is 24.5. The summed E-state index contributed by atoms with van der Waals surface area (Å²) >= 11 is 0. The molecule has 0 aromatic heterocycles. The lowest BCUT2D eigenvalue weighted by molar-refractivity contribution is -0.169. The normalized spacial score (nSPS) is 30.3. The molecular formula is C26H31N3O7. The Balaban J connectivity index is 1.72. The van der Waals surface area contributed by atoms with Crippen molar-refractivity contribution in [3.8, 4) is 11.5 Å². The van der Waals surface area contributed by atoms with Crippen molar-refractivity contribution in [1.82, 2.24) is 5.32 Å². The lowest BCUT2D eigenvalue weighted by Crippen LogP contribution is -2.74. The van der Waals surface area contributed by atoms with Gasteiger partial charge in [-0.3, -0.25) is 14.4 Å². The molecular weight excluding hydrogens is 466 g/mol. The van der Waals surface area contributed by atoms with Crippen LogP contribution in [0.1, 0.15) is 41.6 Å². The van der Waals surface area contributed by atoms with E-state index in [2.05, 4.69) is 5.32 Å². The van der Waals surface area contributed by atoms with Crippen LogP contribution in [0.3, 0.4) is 0 Å². The summed E-state index contributed by atoms with van der Waals surface area (Å²) in [6, 6.07) is 3.62. The molecule has 0 heterocycles. The molecule has 2 unspecified atom stereocenters. The van der Waals surface area contributed by atoms with E-state index in [4.69, 9.17) is 5.73 Å². The van der Waals surface area contributed by atoms with Gasteiger partial charge in [0.2, 0.25) is 11.7 Å². The number of anilines is 1. The number of fused-ring (bicyclic) bond motifs is 3. The van der Waals surface area contributed by atoms with Crippen molar-refractivity contribution in [2.45, 2.75) is 55.9 Å². The summed E-state index contributed by atoms with van der Waals surface area (Å²) in [6.45, 7) is 0. The number of nitrogens with two attached hydrogens (primary N) is 1. The van der Waals surface area contributed by atoms with Gasteiger partial charge in [0.15, 0.2) is 11.4 Å². The predicted octanol–water partition coefficient (Wildman–Crippen LogP) is 0.349. The van der Waals surface area contributed by atoms with E-state index in [1.807, 2.05) is 0 Å². The summed E-state index contributed by atoms with van der Waals surface area (Å²) in [7, 11) is 3.60. The number of carbonyl (C=O) groups excluding carboxylic acids is 3. The van der Waals surface area contributed by atoms with Crippen LogP contribution < -0.4 is 16.0 Å². The molecule has 5 atom stereocenters. The minimum Gasteiger partial charge on any atom is -0.507 e. The molecule has 2 fully saturated rings. The van der Waals surface area contributed by atoms with Gasteiger partial charge in [0.05, 0.1) is 17.0 Å². The van der Waals surface area contributed by atoms with Gasteiger partial charge in [0.25, 0.3) is 0 Å². The SMILES string of the molecule is CN(C)c1ccc(O)c2c(O)c3c(cc12)C[C@H]1[C@@H](NC2CCCC2)C(=O)C(C(N)=O)C(O)[C@@]1(O)C3=O. The largest absolute Gasteiger partial charge is 0.507 e. The number of nitrogens with one attached hydrogen (secondary N) is 1. The third-order valence-electron chi connectivity index (χ3n) is 8.25. The molecule has 2 saturated carbocycles. The number of phenols is 2. The third kappa shape index (κ3) is 3.31. The fourth-order valence-corrected chi connectivity index (χ4v) is 6.45. The number of benzene rings is 2. The Morgan fingerprint density at radius 1 is 1.17 bits per heavy atom. The molecule has 10 nitrogen and oxygen atoms in total. The molecule has 5 rings (SSSR count). The van der Waals surface area contributed by atoms with Gasteiger partial charge in [0.1, 0.15) is 23.5 Å². The van der Waals surface area contributed by atoms with Crippen LogP contribution in [0.5, 0.6) is 11.5 Å². The van der Waals surface area contributed by atoms with Crippen LogP contribution in [-0.2, 0) is 16.0 Å². The van der Waals surface area contributed by atoms with Gasteiger partial charge < -0.3 is 36.4 Å². The fourth-order valence-electron chi connectivity index (χ4n) is 6.45. The van der Waals surface area contributed by atoms with E-state index < -0.39 is 52.8 Å². The number of phenolic OH excluding ortho intramolecular Hbond substituents is 2. The second-order valence-corrected chi connectivity index (χ2v) is 10.5. The van der Waals surface area contributed by atoms with E-state index in [1.165, 1.54) is 6.07 Å². The van der Waals surface area contributed by atoms with E-state index in [-0.39, 0.29) is 29.2 Å². The predicted molar refractivity (Wildman–Crippen MR) is 131 cm³/mol. The van der Waals surface area contributed by atoms with Crippen molar-refractivity contribution < 1.29 is 34.8 Å². The van der Waals surface area contributed by atoms with Crippen LogP contribution in [0.4, 0.5) is 5.69 Å². The monoisotopic (exact) mass is 497 g/mol. The molecule has 0 aliphatic heterocycles. The summed E-state index contributed by atoms with van der Waals surface area (Å²) in [5, 5.41) is 48.3. The average Bonchev–Trinajstić information content (AvgIpc) is 3.32. The number of ketones is 2. The van der Waals surface area contributed by atoms with E-state index in [9.17, 15) is 34.8 Å². The van der Waals surface area contributed by atoms with Crippen molar-refractivity contribution in [2.75, 3.05) is 19.0 Å². The average molecular weight is 498 g/mol. The highest BCUT2D eigenvalue weighted by Crippen LogP contribution is 2.50. The molecule has 1 amide bonds. The molecule has 0 bridgehead atoms. The number of primary amides is 1. The number of amides is 1. The molecule has 0 spiro atoms. The fraction of sp³-hybridized carbons (Fsp3) is 0.500. The Bertz CT molecular complexity index is 1290. The number of hydrogen-bond donors (Lipinski definition) is 6. The smallest absolute Gasteiger partial charge is 0.230 e. The van der Waals surface area contributed by atoms with Crippen molar-refractivity contribution in [3.05, 3.63) is 29.3 Å². The van der Waals surface area contributed by atoms with Crippen LogP contribution in [0.25, 0.3) is 10.8 Å². The highest BCUT2D eigenvalue weighted by Gasteiger charge is 2.65. The van der Waals surface area contributed by atoms with Gasteiger partial charge >= 0.3 is 0 Å². The van der Waals surface area contributed by atoms with Crippen molar-refractivity contribution in [3.63, 3.8) is 0 Å². The zero-order valence-corrected chi connectivity index (χ0v) is 20.2. The standard InChI is InChI=1S/C26H31N3O7/c1-29(2)15-7-8-16(30)18-13(15)9-11-10-14-20(28-12-5-3-4-6-12)22(32)19(25(27)35)24(34)26(14,36)23(33)17(11)21(18)31/h7-9,12,14,19-20,24,28,30-31,34,36H,3-6,10H2,1-2H3,(H2,27,35)/t14-,19?,20+,24?,26-/m0/s1. The molecule has 0 radical (unpaired) electrons. The number of aliphatic hydroxyl groups excluding tert-OH is 1. The zero-order valence-electron chi connectivity index (χ0n) is 20.2. The summed E-state index contributed by atoms with van der Waals surface area (Å²) in [5.41, 5.74) is 3.72. The van der Waals surface area contributed by atoms with Gasteiger partial charge in [-0.1, -0.05) is 12.8 Å². The Labute approximate surface area is 207 Å². The maximum atomic E-state index is 13.9. The number of Topliss-reactive ketones (excluding diaryl/α,β-unsaturated/α-hetero) is 2. The minimum atomic E-state index is -2.54. The molecule has 10 heteroatoms. The lowest BCUT2D eigenvalue weighted by Gasteiger charge is -2.51. The molecule has 0 saturated heterocycles. The van der Waals surface area contributed by atoms with Gasteiger partial charge in [0, 0.05) is 37.1 Å². The summed E-state index contributed by atoms with van der Waals surface area (Å²) < 4.78 is 0. The van der Waals surface area contributed by atoms with Gasteiger partial charge in [-0.15, -0.1) is 0 Å². The van der Waals surface area contributed by atoms with E-state index in [0.717, 1.165) is 25.7 Å². The third-order valence-corrected chi connectivity index (χ3v) is 8.25. The topological polar surface area (TPSA) is 173 Å². The number of rotatable bonds is 4. The molecule has 192 valence electrons. The minimum absolute atomic E-state index is 0.0255. The number of hydrogen-bond acceptors (Lipinski definition) is 9. The Morgan fingerprint density at radius 2 is 1.83 bits per heavy atom. The zero-order chi connectivity index (χ0) is 26.1. The first-order chi connectivity index (χ1) is 17.0. The molecule has 7 N–H and O–H groups in total. The summed E-state index contributed by atoms with van der Waals surface area (Å²) in [4.78, 5) is 41.3. The molecule has 3 aliphatic rings. The lowest BCUT2D eigenvalue weighted by atomic mass is 9.57. The van der Waals surface area contributed by atoms with Crippen LogP contribution in [0.15, 0.2) is 18.2 Å². The van der Waals surface area contributed by atoms with Crippen molar-refractivity contribution >= 4 is 33.9 Å². The first-order valence-electron chi connectivity index (χ1n) is 12.2. The van der Waals surface area contributed by atoms with Crippen molar-refractivity contribution in [1.29, 1.82) is 0 Å². The van der Waals surface area contributed by atoms with Crippen LogP contribution in [-0.4, -0.2) is 75.8 Å². The Morgan fingerprint density at radius 3 is 2.44 bits per heavy atom. The molecule has 2 aromatic rings. The van der Waals surface area contributed by atoms with E-state index >= 15 is 0 Å². The van der Waals surface area contributed by atoms with Crippen LogP contribution in [0.2, 0.25) is 0 Å². The quantitative estimate of drug-likeness (QED) is 0.326. The Hall–Kier alpha value is -3.21. The number of carbonyl (C=O) groups is 3. The Kier molecular flexibility index (Phi) is 5.73. The van der Waals surface area contributed by atoms with Gasteiger partial charge in [-0.2, -0.15) is 0 Å². The van der Waals surface area contributed by atoms with Gasteiger partial charge in [-0.05, 0) is 43.0 Å². The highest BCUT2D eigenvalue weighted by atomic mass is 16.4. The van der Waals surface area contributed by atoms with Crippen LogP contribution >= 0.6 is 0 Å². The maximum Gasteiger partial charge on any atom is 0.230 e. The molecule has 3 aliphatic carbocycles. The first-order valence-corrected chi connectivity index (χ1v) is 12.2. The van der Waals surface area contributed by atoms with E-state index in [0.29, 0.717) is 16.6 Å². The number of nitrogens with zero attached hydrogens (tertiary/aromatic N) is 1. The summed E-state index contributed by atoms with van der Waals surface area (Å²) in [5.74, 6) is -6.45. The number of aromatic hydroxyl groups is 2. The second-order valence-electron chi connectivity index (χ2n) is 10.5. The summed E-state index contributed by atoms with van der Waals surface area (Å²) in [6.07, 6.45) is 1.44.